The molecule has 1 nitrogen and oxygen atoms in total. The van der Waals surface area contributed by atoms with Gasteiger partial charge in [-0.1, -0.05) is 36.7 Å². The van der Waals surface area contributed by atoms with Crippen molar-refractivity contribution in [1.82, 2.24) is 4.90 Å². The van der Waals surface area contributed by atoms with E-state index in [0.717, 1.165) is 17.3 Å². The Bertz CT molecular complexity index is 167. The van der Waals surface area contributed by atoms with E-state index in [1.807, 2.05) is 0 Å². The van der Waals surface area contributed by atoms with Gasteiger partial charge in [0.25, 0.3) is 0 Å². The van der Waals surface area contributed by atoms with Crippen molar-refractivity contribution in [1.29, 1.82) is 0 Å². The van der Waals surface area contributed by atoms with Crippen molar-refractivity contribution in [3.8, 4) is 0 Å². The third kappa shape index (κ3) is 3.25. The first-order valence-electron chi connectivity index (χ1n) is 5.24. The minimum Gasteiger partial charge on any atom is -0.300 e. The molecule has 0 aromatic heterocycles. The third-order valence-corrected chi connectivity index (χ3v) is 4.42. The number of hydrogen-bond donors (Lipinski definition) is 0. The zero-order chi connectivity index (χ0) is 10.1. The lowest BCUT2D eigenvalue weighted by molar-refractivity contribution is 0.187. The lowest BCUT2D eigenvalue weighted by atomic mass is 9.96. The average molecular weight is 248 g/mol. The van der Waals surface area contributed by atoms with Crippen molar-refractivity contribution in [3.05, 3.63) is 0 Å². The Hall–Kier alpha value is 0.440. The van der Waals surface area contributed by atoms with E-state index in [1.54, 1.807) is 0 Å². The van der Waals surface area contributed by atoms with Crippen LogP contribution < -0.4 is 0 Å². The van der Waals surface area contributed by atoms with Gasteiger partial charge in [-0.15, -0.1) is 0 Å². The molecule has 13 heavy (non-hydrogen) atoms. The van der Waals surface area contributed by atoms with Gasteiger partial charge in [-0.2, -0.15) is 0 Å². The van der Waals surface area contributed by atoms with E-state index in [0.29, 0.717) is 5.41 Å². The van der Waals surface area contributed by atoms with Gasteiger partial charge in [-0.25, -0.2) is 0 Å². The van der Waals surface area contributed by atoms with E-state index in [4.69, 9.17) is 0 Å². The molecular formula is C11H22BrN. The molecule has 1 rings (SSSR count). The number of alkyl halides is 1. The van der Waals surface area contributed by atoms with Gasteiger partial charge in [0, 0.05) is 24.5 Å². The molecule has 0 saturated carbocycles. The van der Waals surface area contributed by atoms with E-state index in [-0.39, 0.29) is 0 Å². The van der Waals surface area contributed by atoms with Gasteiger partial charge in [0.05, 0.1) is 0 Å². The van der Waals surface area contributed by atoms with Crippen LogP contribution in [-0.4, -0.2) is 29.4 Å². The fourth-order valence-corrected chi connectivity index (χ4v) is 2.38. The molecule has 2 unspecified atom stereocenters. The summed E-state index contributed by atoms with van der Waals surface area (Å²) in [6.45, 7) is 11.9. The number of likely N-dealkylation sites (tertiary alicyclic amines) is 1. The molecule has 0 amide bonds. The first-order chi connectivity index (χ1) is 5.94. The van der Waals surface area contributed by atoms with E-state index < -0.39 is 0 Å². The highest BCUT2D eigenvalue weighted by Crippen LogP contribution is 2.27. The van der Waals surface area contributed by atoms with Crippen molar-refractivity contribution < 1.29 is 0 Å². The minimum atomic E-state index is 0.415. The second-order valence-electron chi connectivity index (χ2n) is 5.42. The highest BCUT2D eigenvalue weighted by Gasteiger charge is 2.30. The van der Waals surface area contributed by atoms with Gasteiger partial charge >= 0.3 is 0 Å². The number of halogens is 1. The van der Waals surface area contributed by atoms with Crippen molar-refractivity contribution in [2.45, 2.75) is 40.2 Å². The smallest absolute Gasteiger partial charge is 0.00949 e. The minimum absolute atomic E-state index is 0.415. The zero-order valence-electron chi connectivity index (χ0n) is 9.31. The maximum Gasteiger partial charge on any atom is 0.00949 e. The van der Waals surface area contributed by atoms with Crippen LogP contribution in [0.3, 0.4) is 0 Å². The van der Waals surface area contributed by atoms with Gasteiger partial charge in [0.1, 0.15) is 0 Å². The largest absolute Gasteiger partial charge is 0.300 e. The van der Waals surface area contributed by atoms with Crippen molar-refractivity contribution in [2.75, 3.05) is 18.4 Å². The Morgan fingerprint density at radius 2 is 2.00 bits per heavy atom. The molecule has 1 fully saturated rings. The summed E-state index contributed by atoms with van der Waals surface area (Å²) in [6.07, 6.45) is 1.37. The molecule has 78 valence electrons. The van der Waals surface area contributed by atoms with Crippen LogP contribution in [0.4, 0.5) is 0 Å². The molecule has 1 saturated heterocycles. The molecule has 0 aliphatic carbocycles. The third-order valence-electron chi connectivity index (χ3n) is 2.91. The Balaban J connectivity index is 2.45. The molecule has 1 aliphatic rings. The molecule has 0 spiro atoms. The molecule has 0 N–H and O–H groups in total. The highest BCUT2D eigenvalue weighted by molar-refractivity contribution is 9.09. The quantitative estimate of drug-likeness (QED) is 0.693. The molecule has 0 bridgehead atoms. The molecule has 0 aromatic rings. The van der Waals surface area contributed by atoms with Gasteiger partial charge in [0.2, 0.25) is 0 Å². The number of nitrogens with zero attached hydrogens (tertiary/aromatic N) is 1. The maximum absolute atomic E-state index is 3.59. The van der Waals surface area contributed by atoms with Crippen LogP contribution in [0.25, 0.3) is 0 Å². The lowest BCUT2D eigenvalue weighted by Gasteiger charge is -2.31. The van der Waals surface area contributed by atoms with Crippen molar-refractivity contribution >= 4 is 15.9 Å². The van der Waals surface area contributed by atoms with Crippen LogP contribution in [0.2, 0.25) is 0 Å². The number of rotatable bonds is 3. The van der Waals surface area contributed by atoms with E-state index >= 15 is 0 Å². The molecule has 2 heteroatoms. The molecule has 1 aliphatic heterocycles. The fraction of sp³-hybridized carbons (Fsp3) is 1.00. The summed E-state index contributed by atoms with van der Waals surface area (Å²) in [5, 5.41) is 1.09. The van der Waals surface area contributed by atoms with E-state index in [2.05, 4.69) is 48.5 Å². The Morgan fingerprint density at radius 3 is 2.38 bits per heavy atom. The molecule has 0 aromatic carbocycles. The van der Waals surface area contributed by atoms with Gasteiger partial charge in [-0.05, 0) is 24.7 Å². The van der Waals surface area contributed by atoms with Gasteiger partial charge in [-0.3, -0.25) is 4.90 Å². The van der Waals surface area contributed by atoms with Crippen molar-refractivity contribution in [3.63, 3.8) is 0 Å². The topological polar surface area (TPSA) is 3.24 Å². The first kappa shape index (κ1) is 11.5. The highest BCUT2D eigenvalue weighted by atomic mass is 79.9. The second-order valence-corrected chi connectivity index (χ2v) is 5.98. The Kier molecular flexibility index (Phi) is 3.82. The summed E-state index contributed by atoms with van der Waals surface area (Å²) in [6, 6.07) is 0.785. The monoisotopic (exact) mass is 247 g/mol. The van der Waals surface area contributed by atoms with E-state index in [9.17, 15) is 0 Å². The average Bonchev–Trinajstić information content (AvgIpc) is 2.30. The molecule has 0 radical (unpaired) electrons. The van der Waals surface area contributed by atoms with Crippen LogP contribution in [0.1, 0.15) is 34.1 Å². The summed E-state index contributed by atoms with van der Waals surface area (Å²) in [4.78, 5) is 2.63. The van der Waals surface area contributed by atoms with Crippen molar-refractivity contribution in [2.24, 2.45) is 11.3 Å². The van der Waals surface area contributed by atoms with Crippen LogP contribution in [0.15, 0.2) is 0 Å². The number of hydrogen-bond acceptors (Lipinski definition) is 1. The predicted octanol–water partition coefficient (Wildman–Crippen LogP) is 3.14. The zero-order valence-corrected chi connectivity index (χ0v) is 10.9. The predicted molar refractivity (Wildman–Crippen MR) is 62.4 cm³/mol. The van der Waals surface area contributed by atoms with Gasteiger partial charge < -0.3 is 0 Å². The summed E-state index contributed by atoms with van der Waals surface area (Å²) in [7, 11) is 0. The maximum atomic E-state index is 3.59. The normalized spacial score (nSPS) is 31.2. The summed E-state index contributed by atoms with van der Waals surface area (Å²) < 4.78 is 0. The Labute approximate surface area is 91.0 Å². The summed E-state index contributed by atoms with van der Waals surface area (Å²) >= 11 is 3.59. The summed E-state index contributed by atoms with van der Waals surface area (Å²) in [5.74, 6) is 0.890. The first-order valence-corrected chi connectivity index (χ1v) is 6.37. The van der Waals surface area contributed by atoms with Crippen LogP contribution >= 0.6 is 15.9 Å². The SMILES string of the molecule is CC1CC(C)N(CC(C)(C)CBr)C1. The standard InChI is InChI=1S/C11H22BrN/c1-9-5-10(2)13(6-9)8-11(3,4)7-12/h9-10H,5-8H2,1-4H3. The fourth-order valence-electron chi connectivity index (χ4n) is 2.20. The Morgan fingerprint density at radius 1 is 1.38 bits per heavy atom. The summed E-state index contributed by atoms with van der Waals surface area (Å²) in [5.41, 5.74) is 0.415. The van der Waals surface area contributed by atoms with E-state index in [1.165, 1.54) is 19.5 Å². The molecular weight excluding hydrogens is 226 g/mol. The van der Waals surface area contributed by atoms with Crippen LogP contribution in [-0.2, 0) is 0 Å². The molecule has 1 heterocycles. The second kappa shape index (κ2) is 4.31. The van der Waals surface area contributed by atoms with Gasteiger partial charge in [0.15, 0.2) is 0 Å². The molecule has 2 atom stereocenters. The van der Waals surface area contributed by atoms with Crippen LogP contribution in [0.5, 0.6) is 0 Å². The lowest BCUT2D eigenvalue weighted by Crippen LogP contribution is -2.37. The van der Waals surface area contributed by atoms with Crippen LogP contribution in [0, 0.1) is 11.3 Å².